The fraction of sp³-hybridized carbons (Fsp3) is 0.733. The van der Waals surface area contributed by atoms with E-state index >= 15 is 0 Å². The summed E-state index contributed by atoms with van der Waals surface area (Å²) in [5.74, 6) is 2.94. The quantitative estimate of drug-likeness (QED) is 0.714. The van der Waals surface area contributed by atoms with Crippen molar-refractivity contribution in [2.75, 3.05) is 30.8 Å². The first-order valence-corrected chi connectivity index (χ1v) is 7.74. The number of rotatable bonds is 7. The minimum absolute atomic E-state index is 0.103. The van der Waals surface area contributed by atoms with Gasteiger partial charge in [-0.25, -0.2) is 9.97 Å². The van der Waals surface area contributed by atoms with E-state index in [1.165, 1.54) is 0 Å². The second kappa shape index (κ2) is 8.14. The van der Waals surface area contributed by atoms with Crippen molar-refractivity contribution < 1.29 is 9.84 Å². The summed E-state index contributed by atoms with van der Waals surface area (Å²) >= 11 is 0. The molecule has 0 saturated heterocycles. The van der Waals surface area contributed by atoms with Crippen LogP contribution in [0.3, 0.4) is 0 Å². The molecule has 1 fully saturated rings. The van der Waals surface area contributed by atoms with Gasteiger partial charge in [-0.15, -0.1) is 0 Å². The predicted molar refractivity (Wildman–Crippen MR) is 83.4 cm³/mol. The first kappa shape index (κ1) is 16.0. The molecule has 0 amide bonds. The molecule has 1 aromatic heterocycles. The van der Waals surface area contributed by atoms with Crippen molar-refractivity contribution in [1.29, 1.82) is 0 Å². The van der Waals surface area contributed by atoms with Gasteiger partial charge in [0.1, 0.15) is 18.2 Å². The Morgan fingerprint density at radius 2 is 1.86 bits per heavy atom. The molecule has 1 heterocycles. The fourth-order valence-corrected chi connectivity index (χ4v) is 2.65. The van der Waals surface area contributed by atoms with Crippen LogP contribution in [-0.2, 0) is 11.3 Å². The third-order valence-corrected chi connectivity index (χ3v) is 3.79. The van der Waals surface area contributed by atoms with Gasteiger partial charge in [-0.1, -0.05) is 0 Å². The van der Waals surface area contributed by atoms with Gasteiger partial charge < -0.3 is 20.5 Å². The number of hydrogen-bond acceptors (Lipinski definition) is 6. The first-order valence-electron chi connectivity index (χ1n) is 7.74. The molecule has 2 rings (SSSR count). The van der Waals surface area contributed by atoms with E-state index in [-0.39, 0.29) is 6.10 Å². The maximum absolute atomic E-state index is 9.54. The highest BCUT2D eigenvalue weighted by atomic mass is 16.5. The normalized spacial score (nSPS) is 22.0. The van der Waals surface area contributed by atoms with Crippen LogP contribution in [0.25, 0.3) is 0 Å². The molecule has 1 aliphatic carbocycles. The molecular weight excluding hydrogens is 268 g/mol. The minimum atomic E-state index is -0.103. The topological polar surface area (TPSA) is 79.3 Å². The van der Waals surface area contributed by atoms with Crippen LogP contribution in [0.5, 0.6) is 0 Å². The Hall–Kier alpha value is -1.40. The van der Waals surface area contributed by atoms with Crippen LogP contribution in [0.15, 0.2) is 6.07 Å². The summed E-state index contributed by atoms with van der Waals surface area (Å²) in [4.78, 5) is 8.87. The van der Waals surface area contributed by atoms with Crippen LogP contribution in [0.2, 0.25) is 0 Å². The Balaban J connectivity index is 1.94. The lowest BCUT2D eigenvalue weighted by atomic mass is 9.87. The lowest BCUT2D eigenvalue weighted by Crippen LogP contribution is -2.24. The van der Waals surface area contributed by atoms with Crippen molar-refractivity contribution in [3.8, 4) is 0 Å². The molecule has 0 atom stereocenters. The van der Waals surface area contributed by atoms with Crippen LogP contribution >= 0.6 is 0 Å². The number of nitrogens with zero attached hydrogens (tertiary/aromatic N) is 2. The highest BCUT2D eigenvalue weighted by Crippen LogP contribution is 2.24. The van der Waals surface area contributed by atoms with E-state index in [4.69, 9.17) is 4.74 Å². The predicted octanol–water partition coefficient (Wildman–Crippen LogP) is 2.02. The summed E-state index contributed by atoms with van der Waals surface area (Å²) in [5.41, 5.74) is 0. The molecule has 118 valence electrons. The summed E-state index contributed by atoms with van der Waals surface area (Å²) in [5, 5.41) is 16.1. The summed E-state index contributed by atoms with van der Waals surface area (Å²) < 4.78 is 5.11. The molecule has 0 aromatic carbocycles. The van der Waals surface area contributed by atoms with Crippen molar-refractivity contribution in [2.45, 2.75) is 45.3 Å². The molecule has 0 aliphatic heterocycles. The van der Waals surface area contributed by atoms with Crippen LogP contribution in [-0.4, -0.2) is 41.4 Å². The highest BCUT2D eigenvalue weighted by molar-refractivity contribution is 5.47. The number of aliphatic hydroxyl groups excluding tert-OH is 1. The van der Waals surface area contributed by atoms with E-state index < -0.39 is 0 Å². The number of nitrogens with one attached hydrogen (secondary N) is 2. The van der Waals surface area contributed by atoms with Crippen molar-refractivity contribution in [3.05, 3.63) is 11.9 Å². The fourth-order valence-electron chi connectivity index (χ4n) is 2.65. The summed E-state index contributed by atoms with van der Waals surface area (Å²) in [6, 6.07) is 1.93. The molecule has 1 saturated carbocycles. The van der Waals surface area contributed by atoms with Gasteiger partial charge in [-0.2, -0.15) is 0 Å². The molecule has 0 radical (unpaired) electrons. The van der Waals surface area contributed by atoms with E-state index in [0.717, 1.165) is 50.4 Å². The van der Waals surface area contributed by atoms with Crippen LogP contribution in [0.4, 0.5) is 11.6 Å². The number of hydrogen-bond donors (Lipinski definition) is 3. The van der Waals surface area contributed by atoms with Crippen LogP contribution < -0.4 is 10.6 Å². The van der Waals surface area contributed by atoms with Gasteiger partial charge in [0.15, 0.2) is 5.82 Å². The Morgan fingerprint density at radius 1 is 1.19 bits per heavy atom. The summed E-state index contributed by atoms with van der Waals surface area (Å²) in [6.07, 6.45) is 3.87. The zero-order valence-electron chi connectivity index (χ0n) is 12.9. The largest absolute Gasteiger partial charge is 0.393 e. The first-order chi connectivity index (χ1) is 10.2. The molecule has 0 spiro atoms. The minimum Gasteiger partial charge on any atom is -0.393 e. The van der Waals surface area contributed by atoms with E-state index in [9.17, 15) is 5.11 Å². The van der Waals surface area contributed by atoms with Gasteiger partial charge >= 0.3 is 0 Å². The molecule has 1 aromatic rings. The zero-order valence-corrected chi connectivity index (χ0v) is 12.9. The highest BCUT2D eigenvalue weighted by Gasteiger charge is 2.19. The third kappa shape index (κ3) is 5.13. The molecule has 6 nitrogen and oxygen atoms in total. The Bertz CT molecular complexity index is 409. The molecular formula is C15H26N4O2. The van der Waals surface area contributed by atoms with Gasteiger partial charge in [0.05, 0.1) is 6.10 Å². The Morgan fingerprint density at radius 3 is 2.48 bits per heavy atom. The van der Waals surface area contributed by atoms with Gasteiger partial charge in [-0.05, 0) is 38.5 Å². The summed E-state index contributed by atoms with van der Waals surface area (Å²) in [6.45, 7) is 4.16. The number of aromatic nitrogens is 2. The lowest BCUT2D eigenvalue weighted by Gasteiger charge is -2.25. The summed E-state index contributed by atoms with van der Waals surface area (Å²) in [7, 11) is 1.64. The molecule has 21 heavy (non-hydrogen) atoms. The standard InChI is InChI=1S/C15H26N4O2/c1-3-16-13-8-14(19-15(18-13)10-21-2)17-9-11-4-6-12(20)7-5-11/h8,11-12,20H,3-7,9-10H2,1-2H3,(H2,16,17,18,19). The number of anilines is 2. The maximum Gasteiger partial charge on any atom is 0.158 e. The number of methoxy groups -OCH3 is 1. The SMILES string of the molecule is CCNc1cc(NCC2CCC(O)CC2)nc(COC)n1. The molecule has 6 heteroatoms. The van der Waals surface area contributed by atoms with Crippen LogP contribution in [0, 0.1) is 5.92 Å². The van der Waals surface area contributed by atoms with Crippen molar-refractivity contribution in [1.82, 2.24) is 9.97 Å². The molecule has 3 N–H and O–H groups in total. The smallest absolute Gasteiger partial charge is 0.158 e. The second-order valence-electron chi connectivity index (χ2n) is 5.57. The van der Waals surface area contributed by atoms with Crippen LogP contribution in [0.1, 0.15) is 38.4 Å². The molecule has 1 aliphatic rings. The van der Waals surface area contributed by atoms with Gasteiger partial charge in [0, 0.05) is 26.3 Å². The third-order valence-electron chi connectivity index (χ3n) is 3.79. The number of aliphatic hydroxyl groups is 1. The second-order valence-corrected chi connectivity index (χ2v) is 5.57. The lowest BCUT2D eigenvalue weighted by molar-refractivity contribution is 0.111. The average molecular weight is 294 g/mol. The van der Waals surface area contributed by atoms with Crippen molar-refractivity contribution in [2.24, 2.45) is 5.92 Å². The average Bonchev–Trinajstić information content (AvgIpc) is 2.47. The Kier molecular flexibility index (Phi) is 6.20. The van der Waals surface area contributed by atoms with Crippen molar-refractivity contribution >= 4 is 11.6 Å². The van der Waals surface area contributed by atoms with Gasteiger partial charge in [0.25, 0.3) is 0 Å². The van der Waals surface area contributed by atoms with Gasteiger partial charge in [-0.3, -0.25) is 0 Å². The molecule has 0 bridgehead atoms. The zero-order chi connectivity index (χ0) is 15.1. The van der Waals surface area contributed by atoms with E-state index in [0.29, 0.717) is 18.3 Å². The van der Waals surface area contributed by atoms with E-state index in [1.807, 2.05) is 13.0 Å². The monoisotopic (exact) mass is 294 g/mol. The molecule has 0 unspecified atom stereocenters. The van der Waals surface area contributed by atoms with E-state index in [2.05, 4.69) is 20.6 Å². The van der Waals surface area contributed by atoms with E-state index in [1.54, 1.807) is 7.11 Å². The van der Waals surface area contributed by atoms with Crippen molar-refractivity contribution in [3.63, 3.8) is 0 Å². The Labute approximate surface area is 126 Å². The number of ether oxygens (including phenoxy) is 1. The maximum atomic E-state index is 9.54. The van der Waals surface area contributed by atoms with Gasteiger partial charge in [0.2, 0.25) is 0 Å².